The number of guanidine groups is 1. The lowest BCUT2D eigenvalue weighted by Crippen LogP contribution is -2.41. The van der Waals surface area contributed by atoms with Gasteiger partial charge in [-0.3, -0.25) is 14.8 Å². The number of hydrogen-bond acceptors (Lipinski definition) is 3. The van der Waals surface area contributed by atoms with Crippen LogP contribution >= 0.6 is 0 Å². The van der Waals surface area contributed by atoms with E-state index >= 15 is 0 Å². The van der Waals surface area contributed by atoms with Gasteiger partial charge in [0.25, 0.3) is 0 Å². The number of aromatic nitrogens is 1. The first-order chi connectivity index (χ1) is 11.3. The molecule has 126 valence electrons. The summed E-state index contributed by atoms with van der Waals surface area (Å²) in [6.45, 7) is 1.34. The third kappa shape index (κ3) is 6.67. The fourth-order valence-electron chi connectivity index (χ4n) is 2.74. The van der Waals surface area contributed by atoms with Crippen molar-refractivity contribution < 1.29 is 4.79 Å². The summed E-state index contributed by atoms with van der Waals surface area (Å²) in [4.78, 5) is 20.3. The molecule has 0 spiro atoms. The lowest BCUT2D eigenvalue weighted by molar-refractivity contribution is -0.121. The Kier molecular flexibility index (Phi) is 7.36. The number of amides is 1. The van der Waals surface area contributed by atoms with E-state index in [-0.39, 0.29) is 5.91 Å². The van der Waals surface area contributed by atoms with Crippen molar-refractivity contribution in [3.05, 3.63) is 30.1 Å². The molecule has 0 aliphatic heterocycles. The van der Waals surface area contributed by atoms with Gasteiger partial charge in [0.15, 0.2) is 5.96 Å². The molecular weight excluding hydrogens is 290 g/mol. The molecule has 0 bridgehead atoms. The van der Waals surface area contributed by atoms with Crippen molar-refractivity contribution in [3.63, 3.8) is 0 Å². The Morgan fingerprint density at radius 1 is 1.26 bits per heavy atom. The minimum atomic E-state index is 0.119. The van der Waals surface area contributed by atoms with Gasteiger partial charge in [-0.25, -0.2) is 0 Å². The zero-order valence-corrected chi connectivity index (χ0v) is 13.8. The summed E-state index contributed by atoms with van der Waals surface area (Å²) in [5, 5.41) is 9.49. The van der Waals surface area contributed by atoms with Crippen LogP contribution in [0.4, 0.5) is 0 Å². The second-order valence-electron chi connectivity index (χ2n) is 5.80. The molecule has 1 amide bonds. The molecule has 1 heterocycles. The Morgan fingerprint density at radius 3 is 2.74 bits per heavy atom. The van der Waals surface area contributed by atoms with Gasteiger partial charge >= 0.3 is 0 Å². The van der Waals surface area contributed by atoms with Gasteiger partial charge in [0.05, 0.1) is 0 Å². The largest absolute Gasteiger partial charge is 0.356 e. The highest BCUT2D eigenvalue weighted by molar-refractivity contribution is 5.81. The van der Waals surface area contributed by atoms with E-state index in [4.69, 9.17) is 0 Å². The Balaban J connectivity index is 1.58. The van der Waals surface area contributed by atoms with E-state index in [0.717, 1.165) is 37.5 Å². The number of rotatable bonds is 7. The van der Waals surface area contributed by atoms with Crippen molar-refractivity contribution in [2.45, 2.75) is 44.6 Å². The Hall–Kier alpha value is -2.11. The van der Waals surface area contributed by atoms with Crippen LogP contribution in [0.15, 0.2) is 29.4 Å². The molecule has 1 aromatic heterocycles. The molecule has 6 heteroatoms. The number of carbonyl (C=O) groups excluding carboxylic acids is 1. The van der Waals surface area contributed by atoms with Gasteiger partial charge in [0.2, 0.25) is 5.91 Å². The summed E-state index contributed by atoms with van der Waals surface area (Å²) in [5.74, 6) is 0.836. The second-order valence-corrected chi connectivity index (χ2v) is 5.80. The number of hydrogen-bond donors (Lipinski definition) is 3. The molecule has 0 atom stereocenters. The Bertz CT molecular complexity index is 497. The van der Waals surface area contributed by atoms with Crippen molar-refractivity contribution in [3.8, 4) is 0 Å². The Labute approximate surface area is 138 Å². The lowest BCUT2D eigenvalue weighted by atomic mass is 10.2. The third-order valence-corrected chi connectivity index (χ3v) is 3.99. The molecule has 1 aromatic rings. The number of aliphatic imine (C=N–C) groups is 1. The van der Waals surface area contributed by atoms with Gasteiger partial charge in [-0.05, 0) is 25.0 Å². The predicted octanol–water partition coefficient (Wildman–Crippen LogP) is 1.24. The topological polar surface area (TPSA) is 78.4 Å². The van der Waals surface area contributed by atoms with Crippen LogP contribution in [0.5, 0.6) is 0 Å². The van der Waals surface area contributed by atoms with Gasteiger partial charge in [0.1, 0.15) is 0 Å². The van der Waals surface area contributed by atoms with E-state index in [9.17, 15) is 4.79 Å². The molecule has 1 fully saturated rings. The molecule has 1 aliphatic carbocycles. The van der Waals surface area contributed by atoms with Crippen LogP contribution in [0.25, 0.3) is 0 Å². The standard InChI is InChI=1S/C17H27N5O/c1-18-17(20-12-9-14-6-4-5-11-19-14)21-13-10-16(23)22-15-7-2-3-8-15/h4-6,11,15H,2-3,7-10,12-13H2,1H3,(H,22,23)(H2,18,20,21). The normalized spacial score (nSPS) is 15.4. The van der Waals surface area contributed by atoms with Crippen LogP contribution in [0, 0.1) is 0 Å². The fraction of sp³-hybridized carbons (Fsp3) is 0.588. The van der Waals surface area contributed by atoms with E-state index in [0.29, 0.717) is 19.0 Å². The highest BCUT2D eigenvalue weighted by Crippen LogP contribution is 2.17. The predicted molar refractivity (Wildman–Crippen MR) is 92.3 cm³/mol. The average molecular weight is 317 g/mol. The summed E-state index contributed by atoms with van der Waals surface area (Å²) >= 11 is 0. The molecular formula is C17H27N5O. The monoisotopic (exact) mass is 317 g/mol. The maximum Gasteiger partial charge on any atom is 0.221 e. The molecule has 0 radical (unpaired) electrons. The van der Waals surface area contributed by atoms with Gasteiger partial charge in [0, 0.05) is 50.9 Å². The van der Waals surface area contributed by atoms with Crippen molar-refractivity contribution in [2.75, 3.05) is 20.1 Å². The van der Waals surface area contributed by atoms with E-state index in [1.165, 1.54) is 12.8 Å². The highest BCUT2D eigenvalue weighted by Gasteiger charge is 2.16. The zero-order chi connectivity index (χ0) is 16.3. The summed E-state index contributed by atoms with van der Waals surface area (Å²) < 4.78 is 0. The molecule has 1 aliphatic rings. The molecule has 0 unspecified atom stereocenters. The smallest absolute Gasteiger partial charge is 0.221 e. The molecule has 1 saturated carbocycles. The SMILES string of the molecule is CN=C(NCCC(=O)NC1CCCC1)NCCc1ccccn1. The first-order valence-electron chi connectivity index (χ1n) is 8.41. The van der Waals surface area contributed by atoms with E-state index in [1.54, 1.807) is 13.2 Å². The van der Waals surface area contributed by atoms with Crippen LogP contribution < -0.4 is 16.0 Å². The van der Waals surface area contributed by atoms with Crippen molar-refractivity contribution >= 4 is 11.9 Å². The van der Waals surface area contributed by atoms with Crippen molar-refractivity contribution in [1.29, 1.82) is 0 Å². The van der Waals surface area contributed by atoms with Crippen LogP contribution in [0.3, 0.4) is 0 Å². The summed E-state index contributed by atoms with van der Waals surface area (Å²) in [6.07, 6.45) is 7.81. The fourth-order valence-corrected chi connectivity index (χ4v) is 2.74. The van der Waals surface area contributed by atoms with Crippen molar-refractivity contribution in [2.24, 2.45) is 4.99 Å². The van der Waals surface area contributed by atoms with Crippen LogP contribution in [0.2, 0.25) is 0 Å². The average Bonchev–Trinajstić information content (AvgIpc) is 3.07. The summed E-state index contributed by atoms with van der Waals surface area (Å²) in [5.41, 5.74) is 1.05. The quantitative estimate of drug-likeness (QED) is 0.522. The minimum absolute atomic E-state index is 0.119. The molecule has 6 nitrogen and oxygen atoms in total. The van der Waals surface area contributed by atoms with Gasteiger partial charge in [-0.2, -0.15) is 0 Å². The molecule has 0 saturated heterocycles. The third-order valence-electron chi connectivity index (χ3n) is 3.99. The molecule has 3 N–H and O–H groups in total. The number of carbonyl (C=O) groups is 1. The van der Waals surface area contributed by atoms with Crippen LogP contribution in [-0.4, -0.2) is 43.0 Å². The zero-order valence-electron chi connectivity index (χ0n) is 13.8. The first-order valence-corrected chi connectivity index (χ1v) is 8.41. The highest BCUT2D eigenvalue weighted by atomic mass is 16.1. The van der Waals surface area contributed by atoms with Gasteiger partial charge < -0.3 is 16.0 Å². The van der Waals surface area contributed by atoms with Crippen LogP contribution in [-0.2, 0) is 11.2 Å². The van der Waals surface area contributed by atoms with E-state index in [2.05, 4.69) is 25.9 Å². The van der Waals surface area contributed by atoms with Crippen LogP contribution in [0.1, 0.15) is 37.8 Å². The number of nitrogens with zero attached hydrogens (tertiary/aromatic N) is 2. The lowest BCUT2D eigenvalue weighted by Gasteiger charge is -2.14. The second kappa shape index (κ2) is 9.82. The summed E-state index contributed by atoms with van der Waals surface area (Å²) in [6, 6.07) is 6.29. The minimum Gasteiger partial charge on any atom is -0.356 e. The maximum atomic E-state index is 11.8. The van der Waals surface area contributed by atoms with Gasteiger partial charge in [-0.1, -0.05) is 18.9 Å². The maximum absolute atomic E-state index is 11.8. The molecule has 23 heavy (non-hydrogen) atoms. The number of nitrogens with one attached hydrogen (secondary N) is 3. The first kappa shape index (κ1) is 17.2. The van der Waals surface area contributed by atoms with E-state index < -0.39 is 0 Å². The number of pyridine rings is 1. The summed E-state index contributed by atoms with van der Waals surface area (Å²) in [7, 11) is 1.73. The molecule has 0 aromatic carbocycles. The van der Waals surface area contributed by atoms with Gasteiger partial charge in [-0.15, -0.1) is 0 Å². The molecule has 2 rings (SSSR count). The van der Waals surface area contributed by atoms with E-state index in [1.807, 2.05) is 18.2 Å². The van der Waals surface area contributed by atoms with Crippen molar-refractivity contribution in [1.82, 2.24) is 20.9 Å². The Morgan fingerprint density at radius 2 is 2.04 bits per heavy atom.